The van der Waals surface area contributed by atoms with E-state index in [1.54, 1.807) is 7.11 Å². The zero-order valence-electron chi connectivity index (χ0n) is 25.0. The van der Waals surface area contributed by atoms with Crippen molar-refractivity contribution in [3.8, 4) is 5.75 Å². The van der Waals surface area contributed by atoms with Gasteiger partial charge in [0, 0.05) is 68.5 Å². The lowest BCUT2D eigenvalue weighted by Crippen LogP contribution is -2.49. The predicted octanol–water partition coefficient (Wildman–Crippen LogP) is 4.76. The number of nitrogens with one attached hydrogen (secondary N) is 3. The Morgan fingerprint density at radius 1 is 0.952 bits per heavy atom. The quantitative estimate of drug-likeness (QED) is 0.284. The molecule has 0 atom stereocenters. The smallest absolute Gasteiger partial charge is 0.221 e. The Kier molecular flexibility index (Phi) is 10.5. The molecule has 2 aromatic heterocycles. The van der Waals surface area contributed by atoms with Crippen LogP contribution in [0, 0.1) is 6.92 Å². The molecule has 1 aromatic carbocycles. The van der Waals surface area contributed by atoms with E-state index in [2.05, 4.69) is 35.5 Å². The molecule has 0 unspecified atom stereocenters. The van der Waals surface area contributed by atoms with Crippen LogP contribution < -0.4 is 20.3 Å². The molecule has 12 heteroatoms. The monoisotopic (exact) mass is 593 g/mol. The van der Waals surface area contributed by atoms with Crippen LogP contribution in [0.25, 0.3) is 0 Å². The van der Waals surface area contributed by atoms with Crippen molar-refractivity contribution in [2.45, 2.75) is 56.0 Å². The van der Waals surface area contributed by atoms with Crippen molar-refractivity contribution in [3.05, 3.63) is 36.0 Å². The first-order valence-electron chi connectivity index (χ1n) is 15.0. The fraction of sp³-hybridized carbons (Fsp3) is 0.533. The van der Waals surface area contributed by atoms with Crippen LogP contribution in [0.5, 0.6) is 5.75 Å². The summed E-state index contributed by atoms with van der Waals surface area (Å²) in [6.07, 6.45) is 6.79. The number of ether oxygens (including phenoxy) is 1. The predicted molar refractivity (Wildman–Crippen MR) is 168 cm³/mol. The Labute approximate surface area is 252 Å². The van der Waals surface area contributed by atoms with Crippen LogP contribution in [0.2, 0.25) is 0 Å². The molecule has 226 valence electrons. The standard InChI is InChI=1S/C30H43N9O2S/c1-22-21-26(36-35-22)32-28-27(41-3)29(34-30(33-28)42-25-11-9-24(10-12-25)31-23(2)40)39-19-17-38(18-20-39)16-15-37-13-7-5-4-6-8-14-37/h9-12,21H,4-8,13-20H2,1-3H3,(H,31,40)(H2,32,33,34,35,36). The second-order valence-corrected chi connectivity index (χ2v) is 12.1. The summed E-state index contributed by atoms with van der Waals surface area (Å²) in [5.74, 6) is 2.53. The van der Waals surface area contributed by atoms with Crippen LogP contribution in [0.3, 0.4) is 0 Å². The van der Waals surface area contributed by atoms with E-state index in [1.165, 1.54) is 63.9 Å². The Hall–Kier alpha value is -3.35. The summed E-state index contributed by atoms with van der Waals surface area (Å²) >= 11 is 1.47. The van der Waals surface area contributed by atoms with E-state index in [9.17, 15) is 4.79 Å². The highest BCUT2D eigenvalue weighted by molar-refractivity contribution is 7.99. The Morgan fingerprint density at radius 2 is 1.62 bits per heavy atom. The third-order valence-corrected chi connectivity index (χ3v) is 8.59. The number of rotatable bonds is 10. The molecule has 3 N–H and O–H groups in total. The molecule has 4 heterocycles. The van der Waals surface area contributed by atoms with Gasteiger partial charge < -0.3 is 25.2 Å². The maximum absolute atomic E-state index is 11.4. The Morgan fingerprint density at radius 3 is 2.24 bits per heavy atom. The normalized spacial score (nSPS) is 17.0. The number of benzene rings is 1. The SMILES string of the molecule is COc1c(Nc2cc(C)[nH]n2)nc(Sc2ccc(NC(C)=O)cc2)nc1N1CCN(CCN2CCCCCCC2)CC1. The second kappa shape index (κ2) is 14.7. The fourth-order valence-corrected chi connectivity index (χ4v) is 6.22. The number of amides is 1. The number of hydrogen-bond acceptors (Lipinski definition) is 10. The molecule has 11 nitrogen and oxygen atoms in total. The molecular formula is C30H43N9O2S. The van der Waals surface area contributed by atoms with Crippen molar-refractivity contribution >= 4 is 40.8 Å². The van der Waals surface area contributed by atoms with Crippen molar-refractivity contribution in [2.75, 3.05) is 75.0 Å². The molecule has 2 fully saturated rings. The molecular weight excluding hydrogens is 550 g/mol. The first-order chi connectivity index (χ1) is 20.5. The van der Waals surface area contributed by atoms with Gasteiger partial charge in [0.25, 0.3) is 0 Å². The molecule has 42 heavy (non-hydrogen) atoms. The number of anilines is 4. The molecule has 2 aliphatic rings. The first-order valence-corrected chi connectivity index (χ1v) is 15.8. The third-order valence-electron chi connectivity index (χ3n) is 7.72. The van der Waals surface area contributed by atoms with E-state index >= 15 is 0 Å². The minimum atomic E-state index is -0.0969. The molecule has 0 saturated carbocycles. The lowest BCUT2D eigenvalue weighted by molar-refractivity contribution is -0.114. The van der Waals surface area contributed by atoms with Crippen LogP contribution in [0.4, 0.5) is 23.1 Å². The van der Waals surface area contributed by atoms with E-state index in [1.807, 2.05) is 37.3 Å². The number of aromatic amines is 1. The maximum Gasteiger partial charge on any atom is 0.221 e. The zero-order chi connectivity index (χ0) is 29.3. The molecule has 0 bridgehead atoms. The van der Waals surface area contributed by atoms with E-state index in [0.717, 1.165) is 61.4 Å². The van der Waals surface area contributed by atoms with Crippen LogP contribution in [0.15, 0.2) is 40.4 Å². The van der Waals surface area contributed by atoms with Gasteiger partial charge >= 0.3 is 0 Å². The molecule has 2 saturated heterocycles. The minimum Gasteiger partial charge on any atom is -0.490 e. The summed E-state index contributed by atoms with van der Waals surface area (Å²) in [6, 6.07) is 9.61. The maximum atomic E-state index is 11.4. The van der Waals surface area contributed by atoms with Crippen molar-refractivity contribution in [2.24, 2.45) is 0 Å². The van der Waals surface area contributed by atoms with Crippen molar-refractivity contribution in [3.63, 3.8) is 0 Å². The zero-order valence-corrected chi connectivity index (χ0v) is 25.8. The third kappa shape index (κ3) is 8.36. The van der Waals surface area contributed by atoms with Crippen LogP contribution >= 0.6 is 11.8 Å². The van der Waals surface area contributed by atoms with Gasteiger partial charge in [0.05, 0.1) is 7.11 Å². The minimum absolute atomic E-state index is 0.0969. The van der Waals surface area contributed by atoms with Gasteiger partial charge in [-0.1, -0.05) is 19.3 Å². The summed E-state index contributed by atoms with van der Waals surface area (Å²) in [4.78, 5) is 29.7. The molecule has 2 aliphatic heterocycles. The lowest BCUT2D eigenvalue weighted by atomic mass is 10.1. The summed E-state index contributed by atoms with van der Waals surface area (Å²) in [7, 11) is 1.66. The molecule has 3 aromatic rings. The Bertz CT molecular complexity index is 1300. The number of aromatic nitrogens is 4. The number of hydrogen-bond donors (Lipinski definition) is 3. The summed E-state index contributed by atoms with van der Waals surface area (Å²) < 4.78 is 5.91. The number of H-pyrrole nitrogens is 1. The summed E-state index contributed by atoms with van der Waals surface area (Å²) in [5, 5.41) is 14.1. The second-order valence-electron chi connectivity index (χ2n) is 11.0. The summed E-state index contributed by atoms with van der Waals surface area (Å²) in [6.45, 7) is 11.9. The average molecular weight is 594 g/mol. The Balaban J connectivity index is 1.31. The van der Waals surface area contributed by atoms with Gasteiger partial charge in [-0.25, -0.2) is 9.97 Å². The van der Waals surface area contributed by atoms with E-state index < -0.39 is 0 Å². The first kappa shape index (κ1) is 30.1. The van der Waals surface area contributed by atoms with Crippen molar-refractivity contribution < 1.29 is 9.53 Å². The van der Waals surface area contributed by atoms with Gasteiger partial charge in [0.2, 0.25) is 11.7 Å². The molecule has 0 spiro atoms. The number of piperazine rings is 1. The summed E-state index contributed by atoms with van der Waals surface area (Å²) in [5.41, 5.74) is 1.70. The van der Waals surface area contributed by atoms with Gasteiger partial charge in [-0.05, 0) is 68.9 Å². The number of carbonyl (C=O) groups is 1. The molecule has 0 radical (unpaired) electrons. The highest BCUT2D eigenvalue weighted by Gasteiger charge is 2.25. The van der Waals surface area contributed by atoms with Crippen molar-refractivity contribution in [1.82, 2.24) is 30.0 Å². The average Bonchev–Trinajstić information content (AvgIpc) is 3.37. The van der Waals surface area contributed by atoms with Crippen LogP contribution in [-0.2, 0) is 4.79 Å². The van der Waals surface area contributed by atoms with Gasteiger partial charge in [0.15, 0.2) is 22.6 Å². The van der Waals surface area contributed by atoms with Gasteiger partial charge in [-0.3, -0.25) is 14.8 Å². The lowest BCUT2D eigenvalue weighted by Gasteiger charge is -2.37. The van der Waals surface area contributed by atoms with E-state index in [0.29, 0.717) is 22.5 Å². The number of methoxy groups -OCH3 is 1. The van der Waals surface area contributed by atoms with Gasteiger partial charge in [-0.15, -0.1) is 0 Å². The highest BCUT2D eigenvalue weighted by atomic mass is 32.2. The number of nitrogens with zero attached hydrogens (tertiary/aromatic N) is 6. The molecule has 0 aliphatic carbocycles. The topological polar surface area (TPSA) is 115 Å². The number of aryl methyl sites for hydroxylation is 1. The number of likely N-dealkylation sites (tertiary alicyclic amines) is 1. The van der Waals surface area contributed by atoms with E-state index in [-0.39, 0.29) is 5.91 Å². The van der Waals surface area contributed by atoms with Gasteiger partial charge in [-0.2, -0.15) is 5.10 Å². The number of carbonyl (C=O) groups excluding carboxylic acids is 1. The fourth-order valence-electron chi connectivity index (χ4n) is 5.47. The van der Waals surface area contributed by atoms with Gasteiger partial charge in [0.1, 0.15) is 0 Å². The molecule has 5 rings (SSSR count). The van der Waals surface area contributed by atoms with Crippen molar-refractivity contribution in [1.29, 1.82) is 0 Å². The largest absolute Gasteiger partial charge is 0.490 e. The van der Waals surface area contributed by atoms with Crippen LogP contribution in [0.1, 0.15) is 44.7 Å². The highest BCUT2D eigenvalue weighted by Crippen LogP contribution is 2.38. The van der Waals surface area contributed by atoms with Crippen LogP contribution in [-0.4, -0.2) is 95.3 Å². The van der Waals surface area contributed by atoms with E-state index in [4.69, 9.17) is 14.7 Å². The molecule has 1 amide bonds.